The average Bonchev–Trinajstić information content (AvgIpc) is 3.00. The summed E-state index contributed by atoms with van der Waals surface area (Å²) in [6.07, 6.45) is 5.88. The van der Waals surface area contributed by atoms with Gasteiger partial charge in [-0.3, -0.25) is 5.10 Å². The molecule has 1 atom stereocenters. The number of ether oxygens (including phenoxy) is 1. The number of carbonyl (C=O) groups excluding carboxylic acids is 1. The predicted molar refractivity (Wildman–Crippen MR) is 83.4 cm³/mol. The molecule has 0 aromatic carbocycles. The number of amides is 1. The van der Waals surface area contributed by atoms with Crippen LogP contribution < -0.4 is 5.32 Å². The van der Waals surface area contributed by atoms with Gasteiger partial charge in [-0.2, -0.15) is 5.10 Å². The monoisotopic (exact) mass is 306 g/mol. The molecule has 1 saturated carbocycles. The van der Waals surface area contributed by atoms with Crippen LogP contribution in [0.2, 0.25) is 0 Å². The zero-order valence-electron chi connectivity index (χ0n) is 13.7. The van der Waals surface area contributed by atoms with Crippen molar-refractivity contribution in [2.24, 2.45) is 0 Å². The summed E-state index contributed by atoms with van der Waals surface area (Å²) in [4.78, 5) is 14.5. The standard InChI is InChI=1S/C16H26N4O2/c1-15(2,3)22-14(21)20-10-6-13(16(20)7-4-8-16)17-11-12-5-9-18-19-12/h5,9,13,17H,4,6-8,10-11H2,1-3H3,(H,18,19). The second-order valence-corrected chi connectivity index (χ2v) is 7.39. The molecule has 3 rings (SSSR count). The van der Waals surface area contributed by atoms with Crippen LogP contribution in [0.5, 0.6) is 0 Å². The third kappa shape index (κ3) is 2.84. The van der Waals surface area contributed by atoms with Gasteiger partial charge in [0.05, 0.1) is 5.54 Å². The van der Waals surface area contributed by atoms with Gasteiger partial charge in [0.1, 0.15) is 5.60 Å². The molecule has 1 spiro atoms. The van der Waals surface area contributed by atoms with Crippen molar-refractivity contribution in [3.05, 3.63) is 18.0 Å². The minimum absolute atomic E-state index is 0.0532. The van der Waals surface area contributed by atoms with E-state index >= 15 is 0 Å². The van der Waals surface area contributed by atoms with E-state index in [0.717, 1.165) is 38.0 Å². The number of aromatic amines is 1. The van der Waals surface area contributed by atoms with Crippen LogP contribution in [0.15, 0.2) is 12.3 Å². The molecule has 0 radical (unpaired) electrons. The molecule has 1 saturated heterocycles. The van der Waals surface area contributed by atoms with E-state index in [1.807, 2.05) is 31.7 Å². The molecule has 2 aliphatic rings. The number of aromatic nitrogens is 2. The first-order chi connectivity index (χ1) is 10.4. The Balaban J connectivity index is 1.66. The lowest BCUT2D eigenvalue weighted by Gasteiger charge is -2.49. The van der Waals surface area contributed by atoms with E-state index in [-0.39, 0.29) is 11.6 Å². The van der Waals surface area contributed by atoms with Gasteiger partial charge in [-0.15, -0.1) is 0 Å². The van der Waals surface area contributed by atoms with Gasteiger partial charge in [-0.05, 0) is 52.5 Å². The van der Waals surface area contributed by atoms with Gasteiger partial charge in [0, 0.05) is 31.0 Å². The fraction of sp³-hybridized carbons (Fsp3) is 0.750. The lowest BCUT2D eigenvalue weighted by Crippen LogP contribution is -2.61. The van der Waals surface area contributed by atoms with Crippen molar-refractivity contribution in [1.29, 1.82) is 0 Å². The van der Waals surface area contributed by atoms with Gasteiger partial charge in [-0.25, -0.2) is 4.79 Å². The van der Waals surface area contributed by atoms with Crippen molar-refractivity contribution < 1.29 is 9.53 Å². The highest BCUT2D eigenvalue weighted by atomic mass is 16.6. The summed E-state index contributed by atoms with van der Waals surface area (Å²) in [7, 11) is 0. The second kappa shape index (κ2) is 5.57. The molecule has 1 aliphatic heterocycles. The Morgan fingerprint density at radius 3 is 2.86 bits per heavy atom. The van der Waals surface area contributed by atoms with Gasteiger partial charge in [-0.1, -0.05) is 0 Å². The van der Waals surface area contributed by atoms with Crippen molar-refractivity contribution in [2.75, 3.05) is 6.54 Å². The van der Waals surface area contributed by atoms with Crippen LogP contribution in [0.4, 0.5) is 4.79 Å². The van der Waals surface area contributed by atoms with Crippen LogP contribution >= 0.6 is 0 Å². The normalized spacial score (nSPS) is 23.6. The molecule has 1 aromatic rings. The zero-order chi connectivity index (χ0) is 15.8. The number of hydrogen-bond acceptors (Lipinski definition) is 4. The van der Waals surface area contributed by atoms with Crippen molar-refractivity contribution in [3.8, 4) is 0 Å². The Morgan fingerprint density at radius 1 is 1.55 bits per heavy atom. The van der Waals surface area contributed by atoms with Crippen LogP contribution in [-0.2, 0) is 11.3 Å². The highest BCUT2D eigenvalue weighted by Crippen LogP contribution is 2.46. The van der Waals surface area contributed by atoms with E-state index in [0.29, 0.717) is 6.04 Å². The van der Waals surface area contributed by atoms with Crippen molar-refractivity contribution in [3.63, 3.8) is 0 Å². The molecule has 1 aromatic heterocycles. The molecule has 1 amide bonds. The number of nitrogens with zero attached hydrogens (tertiary/aromatic N) is 2. The van der Waals surface area contributed by atoms with Crippen molar-refractivity contribution in [1.82, 2.24) is 20.4 Å². The van der Waals surface area contributed by atoms with Crippen LogP contribution in [0.3, 0.4) is 0 Å². The fourth-order valence-electron chi connectivity index (χ4n) is 3.59. The highest BCUT2D eigenvalue weighted by Gasteiger charge is 2.55. The van der Waals surface area contributed by atoms with Crippen molar-refractivity contribution in [2.45, 2.75) is 70.2 Å². The number of carbonyl (C=O) groups is 1. The molecule has 2 N–H and O–H groups in total. The van der Waals surface area contributed by atoms with Crippen LogP contribution in [0.25, 0.3) is 0 Å². The molecule has 1 unspecified atom stereocenters. The smallest absolute Gasteiger partial charge is 0.410 e. The molecule has 1 aliphatic carbocycles. The molecular weight excluding hydrogens is 280 g/mol. The Kier molecular flexibility index (Phi) is 3.89. The van der Waals surface area contributed by atoms with Crippen LogP contribution in [0, 0.1) is 0 Å². The maximum atomic E-state index is 12.5. The third-order valence-electron chi connectivity index (χ3n) is 4.76. The molecule has 0 bridgehead atoms. The Labute approximate surface area is 131 Å². The maximum absolute atomic E-state index is 12.5. The Bertz CT molecular complexity index is 517. The largest absolute Gasteiger partial charge is 0.444 e. The third-order valence-corrected chi connectivity index (χ3v) is 4.76. The molecule has 6 heteroatoms. The summed E-state index contributed by atoms with van der Waals surface area (Å²) < 4.78 is 5.59. The Hall–Kier alpha value is -1.56. The molecule has 2 fully saturated rings. The zero-order valence-corrected chi connectivity index (χ0v) is 13.7. The second-order valence-electron chi connectivity index (χ2n) is 7.39. The summed E-state index contributed by atoms with van der Waals surface area (Å²) in [5, 5.41) is 10.5. The Morgan fingerprint density at radius 2 is 2.32 bits per heavy atom. The molecular formula is C16H26N4O2. The number of likely N-dealkylation sites (tertiary alicyclic amines) is 1. The van der Waals surface area contributed by atoms with Gasteiger partial charge in [0.2, 0.25) is 0 Å². The number of hydrogen-bond donors (Lipinski definition) is 2. The number of rotatable bonds is 3. The van der Waals surface area contributed by atoms with E-state index in [9.17, 15) is 4.79 Å². The van der Waals surface area contributed by atoms with E-state index in [2.05, 4.69) is 15.5 Å². The van der Waals surface area contributed by atoms with Gasteiger partial charge in [0.25, 0.3) is 0 Å². The SMILES string of the molecule is CC(C)(C)OC(=O)N1CCC(NCc2ccn[nH]2)C12CCC2. The van der Waals surface area contributed by atoms with E-state index in [1.165, 1.54) is 6.42 Å². The number of nitrogens with one attached hydrogen (secondary N) is 2. The maximum Gasteiger partial charge on any atom is 0.410 e. The summed E-state index contributed by atoms with van der Waals surface area (Å²) >= 11 is 0. The van der Waals surface area contributed by atoms with Crippen molar-refractivity contribution >= 4 is 6.09 Å². The quantitative estimate of drug-likeness (QED) is 0.900. The average molecular weight is 306 g/mol. The summed E-state index contributed by atoms with van der Waals surface area (Å²) in [6, 6.07) is 2.30. The first kappa shape index (κ1) is 15.3. The summed E-state index contributed by atoms with van der Waals surface area (Å²) in [5.74, 6) is 0. The predicted octanol–water partition coefficient (Wildman–Crippen LogP) is 2.43. The molecule has 2 heterocycles. The number of H-pyrrole nitrogens is 1. The first-order valence-corrected chi connectivity index (χ1v) is 8.13. The fourth-order valence-corrected chi connectivity index (χ4v) is 3.59. The first-order valence-electron chi connectivity index (χ1n) is 8.13. The molecule has 22 heavy (non-hydrogen) atoms. The summed E-state index contributed by atoms with van der Waals surface area (Å²) in [6.45, 7) is 7.29. The molecule has 122 valence electrons. The van der Waals surface area contributed by atoms with Crippen LogP contribution in [-0.4, -0.2) is 44.9 Å². The van der Waals surface area contributed by atoms with E-state index in [4.69, 9.17) is 4.74 Å². The topological polar surface area (TPSA) is 70.2 Å². The molecule has 6 nitrogen and oxygen atoms in total. The van der Waals surface area contributed by atoms with Gasteiger partial charge < -0.3 is 15.0 Å². The minimum Gasteiger partial charge on any atom is -0.444 e. The van der Waals surface area contributed by atoms with E-state index < -0.39 is 5.60 Å². The summed E-state index contributed by atoms with van der Waals surface area (Å²) in [5.41, 5.74) is 0.580. The lowest BCUT2D eigenvalue weighted by atomic mass is 9.72. The van der Waals surface area contributed by atoms with Gasteiger partial charge in [0.15, 0.2) is 0 Å². The lowest BCUT2D eigenvalue weighted by molar-refractivity contribution is -0.0165. The van der Waals surface area contributed by atoms with Gasteiger partial charge >= 0.3 is 6.09 Å². The minimum atomic E-state index is -0.441. The van der Waals surface area contributed by atoms with E-state index in [1.54, 1.807) is 6.20 Å². The van der Waals surface area contributed by atoms with Crippen LogP contribution in [0.1, 0.15) is 52.1 Å². The highest BCUT2D eigenvalue weighted by molar-refractivity contribution is 5.70.